The first-order chi connectivity index (χ1) is 13.6. The van der Waals surface area contributed by atoms with E-state index in [9.17, 15) is 14.0 Å². The van der Waals surface area contributed by atoms with E-state index in [1.54, 1.807) is 15.9 Å². The van der Waals surface area contributed by atoms with Crippen LogP contribution in [0.4, 0.5) is 4.39 Å². The van der Waals surface area contributed by atoms with Gasteiger partial charge >= 0.3 is 0 Å². The maximum absolute atomic E-state index is 13.4. The molecule has 1 fully saturated rings. The Kier molecular flexibility index (Phi) is 7.00. The molecule has 3 rings (SSSR count). The van der Waals surface area contributed by atoms with Gasteiger partial charge in [-0.25, -0.2) is 4.39 Å². The molecule has 2 amide bonds. The van der Waals surface area contributed by atoms with Crippen molar-refractivity contribution >= 4 is 11.8 Å². The van der Waals surface area contributed by atoms with Crippen molar-refractivity contribution in [2.75, 3.05) is 32.8 Å². The predicted molar refractivity (Wildman–Crippen MR) is 105 cm³/mol. The highest BCUT2D eigenvalue weighted by atomic mass is 19.1. The molecule has 2 aromatic carbocycles. The van der Waals surface area contributed by atoms with Crippen LogP contribution >= 0.6 is 0 Å². The van der Waals surface area contributed by atoms with Crippen molar-refractivity contribution in [3.05, 3.63) is 66.0 Å². The van der Waals surface area contributed by atoms with Gasteiger partial charge in [-0.1, -0.05) is 24.3 Å². The minimum Gasteiger partial charge on any atom is -0.494 e. The fourth-order valence-electron chi connectivity index (χ4n) is 3.26. The minimum atomic E-state index is -0.421. The zero-order valence-electron chi connectivity index (χ0n) is 15.9. The lowest BCUT2D eigenvalue weighted by Crippen LogP contribution is -2.37. The summed E-state index contributed by atoms with van der Waals surface area (Å²) in [6, 6.07) is 15.3. The SMILES string of the molecule is O=C(CCCOc1ccccc1)N1CCCN(C(=O)c2cccc(F)c2)CC1. The Bertz CT molecular complexity index is 797. The second-order valence-corrected chi connectivity index (χ2v) is 6.80. The molecule has 0 bridgehead atoms. The number of rotatable bonds is 6. The number of hydrogen-bond donors (Lipinski definition) is 0. The van der Waals surface area contributed by atoms with Gasteiger partial charge in [0.05, 0.1) is 6.61 Å². The van der Waals surface area contributed by atoms with Gasteiger partial charge in [-0.2, -0.15) is 0 Å². The normalized spacial score (nSPS) is 14.5. The van der Waals surface area contributed by atoms with Crippen molar-refractivity contribution in [2.45, 2.75) is 19.3 Å². The van der Waals surface area contributed by atoms with E-state index in [0.29, 0.717) is 57.6 Å². The summed E-state index contributed by atoms with van der Waals surface area (Å²) >= 11 is 0. The van der Waals surface area contributed by atoms with Crippen LogP contribution in [0.2, 0.25) is 0 Å². The lowest BCUT2D eigenvalue weighted by atomic mass is 10.2. The molecule has 5 nitrogen and oxygen atoms in total. The third kappa shape index (κ3) is 5.55. The molecule has 28 heavy (non-hydrogen) atoms. The van der Waals surface area contributed by atoms with Crippen LogP contribution in [0.25, 0.3) is 0 Å². The van der Waals surface area contributed by atoms with Gasteiger partial charge in [0, 0.05) is 38.2 Å². The fraction of sp³-hybridized carbons (Fsp3) is 0.364. The number of halogens is 1. The molecule has 0 spiro atoms. The number of amides is 2. The van der Waals surface area contributed by atoms with Crippen LogP contribution in [0.3, 0.4) is 0 Å². The molecule has 0 aliphatic carbocycles. The molecule has 1 aliphatic rings. The van der Waals surface area contributed by atoms with Crippen molar-refractivity contribution in [1.29, 1.82) is 0 Å². The van der Waals surface area contributed by atoms with Crippen LogP contribution in [0.15, 0.2) is 54.6 Å². The molecular formula is C22H25FN2O3. The van der Waals surface area contributed by atoms with Crippen LogP contribution < -0.4 is 4.74 Å². The molecule has 0 atom stereocenters. The van der Waals surface area contributed by atoms with Gasteiger partial charge in [0.15, 0.2) is 0 Å². The van der Waals surface area contributed by atoms with Gasteiger partial charge in [-0.05, 0) is 43.2 Å². The van der Waals surface area contributed by atoms with Crippen LogP contribution in [-0.4, -0.2) is 54.4 Å². The van der Waals surface area contributed by atoms with Gasteiger partial charge < -0.3 is 14.5 Å². The van der Waals surface area contributed by atoms with Gasteiger partial charge in [-0.15, -0.1) is 0 Å². The summed E-state index contributed by atoms with van der Waals surface area (Å²) in [4.78, 5) is 28.5. The number of carbonyl (C=O) groups excluding carboxylic acids is 2. The van der Waals surface area contributed by atoms with Gasteiger partial charge in [0.1, 0.15) is 11.6 Å². The molecule has 1 saturated heterocycles. The van der Waals surface area contributed by atoms with E-state index in [4.69, 9.17) is 4.74 Å². The summed E-state index contributed by atoms with van der Waals surface area (Å²) in [5, 5.41) is 0. The number of ether oxygens (including phenoxy) is 1. The summed E-state index contributed by atoms with van der Waals surface area (Å²) < 4.78 is 19.0. The maximum Gasteiger partial charge on any atom is 0.254 e. The molecule has 0 aromatic heterocycles. The van der Waals surface area contributed by atoms with E-state index in [-0.39, 0.29) is 11.8 Å². The molecule has 0 N–H and O–H groups in total. The fourth-order valence-corrected chi connectivity index (χ4v) is 3.26. The Morgan fingerprint density at radius 1 is 0.929 bits per heavy atom. The monoisotopic (exact) mass is 384 g/mol. The number of benzene rings is 2. The highest BCUT2D eigenvalue weighted by Gasteiger charge is 2.22. The van der Waals surface area contributed by atoms with Crippen LogP contribution in [-0.2, 0) is 4.79 Å². The standard InChI is InChI=1S/C22H25FN2O3/c23-19-8-4-7-18(17-19)22(27)25-13-6-12-24(14-15-25)21(26)11-5-16-28-20-9-2-1-3-10-20/h1-4,7-10,17H,5-6,11-16H2. The molecule has 148 valence electrons. The van der Waals surface area contributed by atoms with Crippen LogP contribution in [0.1, 0.15) is 29.6 Å². The highest BCUT2D eigenvalue weighted by Crippen LogP contribution is 2.13. The smallest absolute Gasteiger partial charge is 0.254 e. The van der Waals surface area contributed by atoms with E-state index in [1.807, 2.05) is 30.3 Å². The predicted octanol–water partition coefficient (Wildman–Crippen LogP) is 3.36. The van der Waals surface area contributed by atoms with Crippen molar-refractivity contribution in [1.82, 2.24) is 9.80 Å². The Hall–Kier alpha value is -2.89. The highest BCUT2D eigenvalue weighted by molar-refractivity contribution is 5.94. The number of hydrogen-bond acceptors (Lipinski definition) is 3. The van der Waals surface area contributed by atoms with E-state index < -0.39 is 5.82 Å². The van der Waals surface area contributed by atoms with E-state index >= 15 is 0 Å². The molecule has 0 radical (unpaired) electrons. The van der Waals surface area contributed by atoms with Crippen molar-refractivity contribution in [2.24, 2.45) is 0 Å². The zero-order chi connectivity index (χ0) is 19.8. The van der Waals surface area contributed by atoms with Gasteiger partial charge in [0.25, 0.3) is 5.91 Å². The number of carbonyl (C=O) groups is 2. The average molecular weight is 384 g/mol. The summed E-state index contributed by atoms with van der Waals surface area (Å²) in [6.07, 6.45) is 1.79. The molecule has 0 unspecified atom stereocenters. The Balaban J connectivity index is 1.44. The van der Waals surface area contributed by atoms with Crippen molar-refractivity contribution < 1.29 is 18.7 Å². The van der Waals surface area contributed by atoms with E-state index in [2.05, 4.69) is 0 Å². The molecular weight excluding hydrogens is 359 g/mol. The number of nitrogens with zero attached hydrogens (tertiary/aromatic N) is 2. The second kappa shape index (κ2) is 9.88. The topological polar surface area (TPSA) is 49.9 Å². The number of para-hydroxylation sites is 1. The zero-order valence-corrected chi connectivity index (χ0v) is 15.9. The van der Waals surface area contributed by atoms with Crippen LogP contribution in [0.5, 0.6) is 5.75 Å². The molecule has 6 heteroatoms. The molecule has 1 aliphatic heterocycles. The Morgan fingerprint density at radius 2 is 1.68 bits per heavy atom. The first-order valence-corrected chi connectivity index (χ1v) is 9.64. The summed E-state index contributed by atoms with van der Waals surface area (Å²) in [6.45, 7) is 2.65. The Morgan fingerprint density at radius 3 is 2.46 bits per heavy atom. The third-order valence-corrected chi connectivity index (χ3v) is 4.75. The molecule has 1 heterocycles. The third-order valence-electron chi connectivity index (χ3n) is 4.75. The summed E-state index contributed by atoms with van der Waals surface area (Å²) in [5.41, 5.74) is 0.345. The first-order valence-electron chi connectivity index (χ1n) is 9.64. The van der Waals surface area contributed by atoms with Gasteiger partial charge in [-0.3, -0.25) is 9.59 Å². The average Bonchev–Trinajstić information content (AvgIpc) is 2.98. The van der Waals surface area contributed by atoms with Gasteiger partial charge in [0.2, 0.25) is 5.91 Å². The van der Waals surface area contributed by atoms with Crippen molar-refractivity contribution in [3.8, 4) is 5.75 Å². The maximum atomic E-state index is 13.4. The summed E-state index contributed by atoms with van der Waals surface area (Å²) in [7, 11) is 0. The minimum absolute atomic E-state index is 0.0803. The quantitative estimate of drug-likeness (QED) is 0.718. The van der Waals surface area contributed by atoms with E-state index in [1.165, 1.54) is 18.2 Å². The molecule has 0 saturated carbocycles. The lowest BCUT2D eigenvalue weighted by Gasteiger charge is -2.22. The summed E-state index contributed by atoms with van der Waals surface area (Å²) in [5.74, 6) is 0.271. The lowest BCUT2D eigenvalue weighted by molar-refractivity contribution is -0.131. The first kappa shape index (κ1) is 19.9. The van der Waals surface area contributed by atoms with E-state index in [0.717, 1.165) is 5.75 Å². The largest absolute Gasteiger partial charge is 0.494 e. The van der Waals surface area contributed by atoms with Crippen molar-refractivity contribution in [3.63, 3.8) is 0 Å². The Labute approximate surface area is 164 Å². The molecule has 2 aromatic rings. The van der Waals surface area contributed by atoms with Crippen LogP contribution in [0, 0.1) is 5.82 Å². The second-order valence-electron chi connectivity index (χ2n) is 6.80.